The fourth-order valence-electron chi connectivity index (χ4n) is 3.26. The number of carbonyl (C=O) groups is 1. The second kappa shape index (κ2) is 5.60. The molecule has 1 aliphatic carbocycles. The minimum atomic E-state index is -0.990. The SMILES string of the molecule is CC(C)c1ncc(N2CCOC3CCCC32)c(C(=O)O)n1. The van der Waals surface area contributed by atoms with Gasteiger partial charge in [-0.15, -0.1) is 0 Å². The van der Waals surface area contributed by atoms with Gasteiger partial charge in [0.25, 0.3) is 0 Å². The Hall–Kier alpha value is -1.69. The Balaban J connectivity index is 1.98. The summed E-state index contributed by atoms with van der Waals surface area (Å²) in [5, 5.41) is 9.49. The fraction of sp³-hybridized carbons (Fsp3) is 0.667. The van der Waals surface area contributed by atoms with Gasteiger partial charge in [0.05, 0.1) is 30.6 Å². The first kappa shape index (κ1) is 14.3. The summed E-state index contributed by atoms with van der Waals surface area (Å²) in [6, 6.07) is 0.255. The Morgan fingerprint density at radius 2 is 2.29 bits per heavy atom. The summed E-state index contributed by atoms with van der Waals surface area (Å²) < 4.78 is 5.79. The molecular weight excluding hydrogens is 270 g/mol. The van der Waals surface area contributed by atoms with E-state index in [9.17, 15) is 9.90 Å². The van der Waals surface area contributed by atoms with E-state index < -0.39 is 5.97 Å². The van der Waals surface area contributed by atoms with E-state index in [1.807, 2.05) is 13.8 Å². The molecule has 2 aliphatic rings. The molecular formula is C15H21N3O3. The summed E-state index contributed by atoms with van der Waals surface area (Å²) in [5.74, 6) is -0.302. The van der Waals surface area contributed by atoms with Crippen molar-refractivity contribution in [3.63, 3.8) is 0 Å². The van der Waals surface area contributed by atoms with Gasteiger partial charge in [-0.25, -0.2) is 14.8 Å². The molecule has 1 aliphatic heterocycles. The van der Waals surface area contributed by atoms with Crippen LogP contribution in [0.2, 0.25) is 0 Å². The Morgan fingerprint density at radius 1 is 1.48 bits per heavy atom. The van der Waals surface area contributed by atoms with Crippen LogP contribution >= 0.6 is 0 Å². The molecule has 1 saturated heterocycles. The van der Waals surface area contributed by atoms with Gasteiger partial charge in [0.15, 0.2) is 5.69 Å². The van der Waals surface area contributed by atoms with Crippen LogP contribution < -0.4 is 4.90 Å². The molecule has 1 N–H and O–H groups in total. The normalized spacial score (nSPS) is 25.2. The van der Waals surface area contributed by atoms with Gasteiger partial charge in [-0.3, -0.25) is 0 Å². The molecule has 2 atom stereocenters. The molecule has 1 saturated carbocycles. The Labute approximate surface area is 124 Å². The maximum atomic E-state index is 11.6. The molecule has 21 heavy (non-hydrogen) atoms. The molecule has 2 unspecified atom stereocenters. The number of hydrogen-bond acceptors (Lipinski definition) is 5. The van der Waals surface area contributed by atoms with E-state index in [1.165, 1.54) is 0 Å². The van der Waals surface area contributed by atoms with Crippen molar-refractivity contribution in [2.45, 2.75) is 51.2 Å². The summed E-state index contributed by atoms with van der Waals surface area (Å²) in [4.78, 5) is 22.3. The molecule has 0 bridgehead atoms. The lowest BCUT2D eigenvalue weighted by Gasteiger charge is -2.39. The van der Waals surface area contributed by atoms with Gasteiger partial charge in [-0.2, -0.15) is 0 Å². The van der Waals surface area contributed by atoms with Gasteiger partial charge in [-0.1, -0.05) is 13.8 Å². The third-order valence-corrected chi connectivity index (χ3v) is 4.30. The predicted octanol–water partition coefficient (Wildman–Crippen LogP) is 2.06. The highest BCUT2D eigenvalue weighted by molar-refractivity contribution is 5.92. The summed E-state index contributed by atoms with van der Waals surface area (Å²) in [5.41, 5.74) is 0.744. The van der Waals surface area contributed by atoms with E-state index in [0.717, 1.165) is 19.3 Å². The lowest BCUT2D eigenvalue weighted by molar-refractivity contribution is 0.0254. The second-order valence-corrected chi connectivity index (χ2v) is 6.02. The number of morpholine rings is 1. The van der Waals surface area contributed by atoms with Crippen LogP contribution in [0, 0.1) is 0 Å². The van der Waals surface area contributed by atoms with Crippen LogP contribution in [0.15, 0.2) is 6.20 Å². The van der Waals surface area contributed by atoms with E-state index in [-0.39, 0.29) is 23.8 Å². The van der Waals surface area contributed by atoms with Crippen molar-refractivity contribution < 1.29 is 14.6 Å². The Morgan fingerprint density at radius 3 is 3.00 bits per heavy atom. The number of carboxylic acid groups (broad SMARTS) is 1. The number of nitrogens with zero attached hydrogens (tertiary/aromatic N) is 3. The molecule has 0 radical (unpaired) electrons. The Kier molecular flexibility index (Phi) is 3.80. The van der Waals surface area contributed by atoms with Crippen LogP contribution in [0.25, 0.3) is 0 Å². The summed E-state index contributed by atoms with van der Waals surface area (Å²) in [6.07, 6.45) is 5.10. The first-order valence-electron chi connectivity index (χ1n) is 7.56. The molecule has 6 heteroatoms. The predicted molar refractivity (Wildman–Crippen MR) is 77.8 cm³/mol. The molecule has 114 valence electrons. The summed E-state index contributed by atoms with van der Waals surface area (Å²) in [6.45, 7) is 5.25. The smallest absolute Gasteiger partial charge is 0.356 e. The van der Waals surface area contributed by atoms with E-state index in [4.69, 9.17) is 4.74 Å². The number of aromatic nitrogens is 2. The van der Waals surface area contributed by atoms with Crippen molar-refractivity contribution in [1.82, 2.24) is 9.97 Å². The van der Waals surface area contributed by atoms with Crippen LogP contribution in [0.3, 0.4) is 0 Å². The van der Waals surface area contributed by atoms with Crippen LogP contribution in [0.1, 0.15) is 55.3 Å². The number of rotatable bonds is 3. The number of fused-ring (bicyclic) bond motifs is 1. The molecule has 6 nitrogen and oxygen atoms in total. The van der Waals surface area contributed by atoms with E-state index in [1.54, 1.807) is 6.20 Å². The number of aromatic carboxylic acids is 1. The standard InChI is InChI=1S/C15H21N3O3/c1-9(2)14-16-8-11(13(17-14)15(19)20)18-6-7-21-12-5-3-4-10(12)18/h8-10,12H,3-7H2,1-2H3,(H,19,20). The Bertz CT molecular complexity index is 547. The summed E-state index contributed by atoms with van der Waals surface area (Å²) >= 11 is 0. The third kappa shape index (κ3) is 2.60. The topological polar surface area (TPSA) is 75.6 Å². The van der Waals surface area contributed by atoms with Gasteiger partial charge in [0.1, 0.15) is 5.82 Å². The zero-order chi connectivity index (χ0) is 15.0. The van der Waals surface area contributed by atoms with E-state index >= 15 is 0 Å². The zero-order valence-electron chi connectivity index (χ0n) is 12.5. The lowest BCUT2D eigenvalue weighted by Crippen LogP contribution is -2.49. The highest BCUT2D eigenvalue weighted by Gasteiger charge is 2.38. The molecule has 1 aromatic heterocycles. The largest absolute Gasteiger partial charge is 0.476 e. The van der Waals surface area contributed by atoms with E-state index in [2.05, 4.69) is 14.9 Å². The van der Waals surface area contributed by atoms with Crippen LogP contribution in [0.5, 0.6) is 0 Å². The maximum Gasteiger partial charge on any atom is 0.356 e. The minimum absolute atomic E-state index is 0.112. The van der Waals surface area contributed by atoms with Crippen molar-refractivity contribution in [3.8, 4) is 0 Å². The van der Waals surface area contributed by atoms with Gasteiger partial charge in [0, 0.05) is 12.5 Å². The minimum Gasteiger partial charge on any atom is -0.476 e. The lowest BCUT2D eigenvalue weighted by atomic mass is 10.1. The van der Waals surface area contributed by atoms with Gasteiger partial charge >= 0.3 is 5.97 Å². The van der Waals surface area contributed by atoms with Crippen LogP contribution in [-0.2, 0) is 4.74 Å². The average molecular weight is 291 g/mol. The molecule has 0 aromatic carbocycles. The molecule has 2 fully saturated rings. The summed E-state index contributed by atoms with van der Waals surface area (Å²) in [7, 11) is 0. The van der Waals surface area contributed by atoms with Gasteiger partial charge in [0.2, 0.25) is 0 Å². The molecule has 1 aromatic rings. The quantitative estimate of drug-likeness (QED) is 0.918. The van der Waals surface area contributed by atoms with Crippen molar-refractivity contribution in [2.75, 3.05) is 18.1 Å². The van der Waals surface area contributed by atoms with Crippen LogP contribution in [0.4, 0.5) is 5.69 Å². The van der Waals surface area contributed by atoms with Crippen molar-refractivity contribution in [3.05, 3.63) is 17.7 Å². The van der Waals surface area contributed by atoms with Crippen molar-refractivity contribution >= 4 is 11.7 Å². The number of hydrogen-bond donors (Lipinski definition) is 1. The van der Waals surface area contributed by atoms with E-state index in [0.29, 0.717) is 24.7 Å². The fourth-order valence-corrected chi connectivity index (χ4v) is 3.26. The highest BCUT2D eigenvalue weighted by Crippen LogP contribution is 2.34. The molecule has 0 spiro atoms. The zero-order valence-corrected chi connectivity index (χ0v) is 12.5. The number of ether oxygens (including phenoxy) is 1. The third-order valence-electron chi connectivity index (χ3n) is 4.30. The number of anilines is 1. The molecule has 0 amide bonds. The molecule has 3 rings (SSSR count). The second-order valence-electron chi connectivity index (χ2n) is 6.02. The maximum absolute atomic E-state index is 11.6. The number of carboxylic acids is 1. The van der Waals surface area contributed by atoms with Crippen molar-refractivity contribution in [2.24, 2.45) is 0 Å². The van der Waals surface area contributed by atoms with Gasteiger partial charge < -0.3 is 14.7 Å². The average Bonchev–Trinajstić information content (AvgIpc) is 2.94. The van der Waals surface area contributed by atoms with Crippen LogP contribution in [-0.4, -0.2) is 46.3 Å². The first-order chi connectivity index (χ1) is 10.1. The van der Waals surface area contributed by atoms with Crippen molar-refractivity contribution in [1.29, 1.82) is 0 Å². The van der Waals surface area contributed by atoms with Gasteiger partial charge in [-0.05, 0) is 19.3 Å². The molecule has 2 heterocycles. The monoisotopic (exact) mass is 291 g/mol. The highest BCUT2D eigenvalue weighted by atomic mass is 16.5. The first-order valence-corrected chi connectivity index (χ1v) is 7.56.